The molecule has 3 heterocycles. The van der Waals surface area contributed by atoms with Crippen LogP contribution in [0, 0.1) is 0 Å². The number of alkyl halides is 3. The van der Waals surface area contributed by atoms with Gasteiger partial charge in [-0.1, -0.05) is 0 Å². The van der Waals surface area contributed by atoms with Crippen LogP contribution in [0.2, 0.25) is 0 Å². The molecular weight excluding hydrogens is 357 g/mol. The van der Waals surface area contributed by atoms with Gasteiger partial charge in [0.2, 0.25) is 0 Å². The van der Waals surface area contributed by atoms with E-state index in [9.17, 15) is 18.0 Å². The van der Waals surface area contributed by atoms with E-state index in [1.54, 1.807) is 4.90 Å². The summed E-state index contributed by atoms with van der Waals surface area (Å²) in [4.78, 5) is 18.1. The Balaban J connectivity index is 2.12. The molecule has 1 saturated heterocycles. The van der Waals surface area contributed by atoms with Gasteiger partial charge in [0.1, 0.15) is 15.5 Å². The maximum absolute atomic E-state index is 13.5. The van der Waals surface area contributed by atoms with Gasteiger partial charge in [-0.3, -0.25) is 0 Å². The number of esters is 1. The molecule has 2 atom stereocenters. The number of thiophene rings is 1. The van der Waals surface area contributed by atoms with Gasteiger partial charge in [0.05, 0.1) is 24.9 Å². The zero-order valence-electron chi connectivity index (χ0n) is 13.9. The lowest BCUT2D eigenvalue weighted by Crippen LogP contribution is -2.45. The van der Waals surface area contributed by atoms with Gasteiger partial charge < -0.3 is 14.4 Å². The predicted molar refractivity (Wildman–Crippen MR) is 88.2 cm³/mol. The Morgan fingerprint density at radius 2 is 1.96 bits per heavy atom. The fourth-order valence-electron chi connectivity index (χ4n) is 2.96. The molecule has 1 aliphatic rings. The van der Waals surface area contributed by atoms with Crippen molar-refractivity contribution >= 4 is 33.3 Å². The number of anilines is 1. The van der Waals surface area contributed by atoms with E-state index in [-0.39, 0.29) is 33.1 Å². The molecule has 1 aliphatic heterocycles. The third-order valence-electron chi connectivity index (χ3n) is 3.93. The number of nitrogens with zero attached hydrogens (tertiary/aromatic N) is 2. The molecule has 136 valence electrons. The Morgan fingerprint density at radius 3 is 2.52 bits per heavy atom. The molecule has 1 fully saturated rings. The molecule has 0 saturated carbocycles. The molecule has 2 aromatic rings. The number of carbonyl (C=O) groups is 1. The Morgan fingerprint density at radius 1 is 1.32 bits per heavy atom. The SMILES string of the molecule is COC(=O)c1cc2c(C(F)(F)F)cc(N3C[C@@H](C)O[C@@H](C)C3)nc2s1. The maximum Gasteiger partial charge on any atom is 0.417 e. The third-order valence-corrected chi connectivity index (χ3v) is 4.94. The van der Waals surface area contributed by atoms with Gasteiger partial charge in [0.25, 0.3) is 0 Å². The normalized spacial score (nSPS) is 21.6. The number of ether oxygens (including phenoxy) is 2. The fourth-order valence-corrected chi connectivity index (χ4v) is 3.93. The van der Waals surface area contributed by atoms with E-state index >= 15 is 0 Å². The van der Waals surface area contributed by atoms with E-state index in [4.69, 9.17) is 4.74 Å². The number of fused-ring (bicyclic) bond motifs is 1. The van der Waals surface area contributed by atoms with Crippen molar-refractivity contribution in [1.82, 2.24) is 4.98 Å². The van der Waals surface area contributed by atoms with Gasteiger partial charge in [0, 0.05) is 18.5 Å². The zero-order valence-corrected chi connectivity index (χ0v) is 14.7. The van der Waals surface area contributed by atoms with Gasteiger partial charge in [-0.15, -0.1) is 11.3 Å². The van der Waals surface area contributed by atoms with Crippen LogP contribution in [0.25, 0.3) is 10.2 Å². The molecule has 0 spiro atoms. The molecule has 3 rings (SSSR count). The monoisotopic (exact) mass is 374 g/mol. The Kier molecular flexibility index (Phi) is 4.63. The number of aromatic nitrogens is 1. The summed E-state index contributed by atoms with van der Waals surface area (Å²) in [6.07, 6.45) is -4.76. The Labute approximate surface area is 146 Å². The summed E-state index contributed by atoms with van der Waals surface area (Å²) < 4.78 is 50.8. The van der Waals surface area contributed by atoms with Crippen LogP contribution in [0.5, 0.6) is 0 Å². The summed E-state index contributed by atoms with van der Waals surface area (Å²) in [5, 5.41) is -0.0870. The lowest BCUT2D eigenvalue weighted by molar-refractivity contribution is -0.136. The highest BCUT2D eigenvalue weighted by molar-refractivity contribution is 7.20. The molecule has 2 aromatic heterocycles. The summed E-state index contributed by atoms with van der Waals surface area (Å²) in [5.41, 5.74) is -0.800. The number of methoxy groups -OCH3 is 1. The number of pyridine rings is 1. The second-order valence-corrected chi connectivity index (χ2v) is 7.04. The van der Waals surface area contributed by atoms with Crippen LogP contribution in [0.1, 0.15) is 29.1 Å². The van der Waals surface area contributed by atoms with Crippen molar-refractivity contribution < 1.29 is 27.4 Å². The average molecular weight is 374 g/mol. The van der Waals surface area contributed by atoms with Crippen LogP contribution in [0.15, 0.2) is 12.1 Å². The van der Waals surface area contributed by atoms with Crippen molar-refractivity contribution in [2.24, 2.45) is 0 Å². The van der Waals surface area contributed by atoms with E-state index < -0.39 is 17.7 Å². The molecule has 9 heteroatoms. The summed E-state index contributed by atoms with van der Waals surface area (Å²) >= 11 is 0.896. The van der Waals surface area contributed by atoms with Crippen molar-refractivity contribution in [3.63, 3.8) is 0 Å². The minimum Gasteiger partial charge on any atom is -0.465 e. The van der Waals surface area contributed by atoms with Crippen molar-refractivity contribution in [1.29, 1.82) is 0 Å². The summed E-state index contributed by atoms with van der Waals surface area (Å²) in [6, 6.07) is 2.23. The smallest absolute Gasteiger partial charge is 0.417 e. The molecular formula is C16H17F3N2O3S. The third kappa shape index (κ3) is 3.57. The number of hydrogen-bond acceptors (Lipinski definition) is 6. The first-order valence-corrected chi connectivity index (χ1v) is 8.51. The van der Waals surface area contributed by atoms with E-state index in [0.29, 0.717) is 13.1 Å². The average Bonchev–Trinajstić information content (AvgIpc) is 2.95. The molecule has 0 aromatic carbocycles. The first kappa shape index (κ1) is 17.9. The molecule has 5 nitrogen and oxygen atoms in total. The topological polar surface area (TPSA) is 51.7 Å². The van der Waals surface area contributed by atoms with Crippen molar-refractivity contribution in [2.45, 2.75) is 32.2 Å². The molecule has 0 aliphatic carbocycles. The Bertz CT molecular complexity index is 796. The van der Waals surface area contributed by atoms with Crippen LogP contribution in [0.3, 0.4) is 0 Å². The van der Waals surface area contributed by atoms with Crippen LogP contribution < -0.4 is 4.90 Å². The summed E-state index contributed by atoms with van der Waals surface area (Å²) in [7, 11) is 1.19. The largest absolute Gasteiger partial charge is 0.465 e. The van der Waals surface area contributed by atoms with Crippen molar-refractivity contribution in [3.05, 3.63) is 22.6 Å². The van der Waals surface area contributed by atoms with Gasteiger partial charge in [-0.25, -0.2) is 9.78 Å². The predicted octanol–water partition coefficient (Wildman–Crippen LogP) is 3.72. The zero-order chi connectivity index (χ0) is 18.4. The number of morpholine rings is 1. The second-order valence-electron chi connectivity index (χ2n) is 6.01. The molecule has 0 N–H and O–H groups in total. The van der Waals surface area contributed by atoms with Gasteiger partial charge in [-0.2, -0.15) is 13.2 Å². The quantitative estimate of drug-likeness (QED) is 0.750. The van der Waals surface area contributed by atoms with Crippen LogP contribution >= 0.6 is 11.3 Å². The number of rotatable bonds is 2. The van der Waals surface area contributed by atoms with Crippen molar-refractivity contribution in [3.8, 4) is 0 Å². The van der Waals surface area contributed by atoms with E-state index in [1.807, 2.05) is 13.8 Å². The standard InChI is InChI=1S/C16H17F3N2O3S/c1-8-6-21(7-9(2)24-8)13-5-11(16(17,18)19)10-4-12(15(22)23-3)25-14(10)20-13/h4-5,8-9H,6-7H2,1-3H3/t8-,9+. The molecule has 0 bridgehead atoms. The van der Waals surface area contributed by atoms with Crippen LogP contribution in [-0.2, 0) is 15.7 Å². The van der Waals surface area contributed by atoms with Gasteiger partial charge in [-0.05, 0) is 26.0 Å². The van der Waals surface area contributed by atoms with E-state index in [1.165, 1.54) is 13.2 Å². The first-order valence-electron chi connectivity index (χ1n) is 7.69. The number of hydrogen-bond donors (Lipinski definition) is 0. The maximum atomic E-state index is 13.5. The number of halogens is 3. The molecule has 0 radical (unpaired) electrons. The minimum atomic E-state index is -4.55. The molecule has 0 unspecified atom stereocenters. The van der Waals surface area contributed by atoms with Crippen molar-refractivity contribution in [2.75, 3.05) is 25.1 Å². The molecule has 0 amide bonds. The van der Waals surface area contributed by atoms with Crippen LogP contribution in [0.4, 0.5) is 19.0 Å². The van der Waals surface area contributed by atoms with E-state index in [2.05, 4.69) is 9.72 Å². The van der Waals surface area contributed by atoms with Gasteiger partial charge >= 0.3 is 12.1 Å². The highest BCUT2D eigenvalue weighted by Gasteiger charge is 2.36. The molecule has 25 heavy (non-hydrogen) atoms. The lowest BCUT2D eigenvalue weighted by atomic mass is 10.1. The highest BCUT2D eigenvalue weighted by Crippen LogP contribution is 2.39. The lowest BCUT2D eigenvalue weighted by Gasteiger charge is -2.36. The fraction of sp³-hybridized carbons (Fsp3) is 0.500. The van der Waals surface area contributed by atoms with E-state index in [0.717, 1.165) is 17.4 Å². The summed E-state index contributed by atoms with van der Waals surface area (Å²) in [6.45, 7) is 4.64. The highest BCUT2D eigenvalue weighted by atomic mass is 32.1. The summed E-state index contributed by atoms with van der Waals surface area (Å²) in [5.74, 6) is -0.439. The first-order chi connectivity index (χ1) is 11.7. The van der Waals surface area contributed by atoms with Gasteiger partial charge in [0.15, 0.2) is 0 Å². The second kappa shape index (κ2) is 6.45. The Hall–Kier alpha value is -1.87. The van der Waals surface area contributed by atoms with Crippen LogP contribution in [-0.4, -0.2) is 43.4 Å². The number of carbonyl (C=O) groups excluding carboxylic acids is 1. The minimum absolute atomic E-state index is 0.0870.